The molecule has 0 radical (unpaired) electrons. The molecule has 4 aromatic carbocycles. The number of carbonyl (C=O) groups excluding carboxylic acids is 1. The first-order chi connectivity index (χ1) is 17.3. The number of benzene rings is 4. The van der Waals surface area contributed by atoms with Gasteiger partial charge in [-0.15, -0.1) is 0 Å². The molecule has 5 aromatic rings. The van der Waals surface area contributed by atoms with Gasteiger partial charge in [0.25, 0.3) is 0 Å². The summed E-state index contributed by atoms with van der Waals surface area (Å²) in [7, 11) is 0. The second-order valence-electron chi connectivity index (χ2n) is 8.34. The SMILES string of the molecule is NC(=O)c1cccc2c1c1c(OCC(=O)O)cc(-c3ccc(Cl)cc3)cc1n2Cc1cccc(F)c1. The highest BCUT2D eigenvalue weighted by molar-refractivity contribution is 6.30. The lowest BCUT2D eigenvalue weighted by Crippen LogP contribution is -2.11. The highest BCUT2D eigenvalue weighted by atomic mass is 35.5. The number of fused-ring (bicyclic) bond motifs is 3. The van der Waals surface area contributed by atoms with Gasteiger partial charge in [0, 0.05) is 22.5 Å². The van der Waals surface area contributed by atoms with Crippen LogP contribution in [0.15, 0.2) is 78.9 Å². The fourth-order valence-corrected chi connectivity index (χ4v) is 4.60. The van der Waals surface area contributed by atoms with Gasteiger partial charge >= 0.3 is 5.97 Å². The van der Waals surface area contributed by atoms with E-state index in [0.717, 1.165) is 11.1 Å². The zero-order valence-corrected chi connectivity index (χ0v) is 19.6. The van der Waals surface area contributed by atoms with E-state index in [1.54, 1.807) is 36.4 Å². The first-order valence-electron chi connectivity index (χ1n) is 11.1. The Labute approximate surface area is 210 Å². The number of nitrogens with zero attached hydrogens (tertiary/aromatic N) is 1. The summed E-state index contributed by atoms with van der Waals surface area (Å²) < 4.78 is 21.7. The van der Waals surface area contributed by atoms with Gasteiger partial charge in [0.1, 0.15) is 11.6 Å². The van der Waals surface area contributed by atoms with E-state index in [9.17, 15) is 19.1 Å². The third kappa shape index (κ3) is 4.36. The number of halogens is 2. The molecular weight excluding hydrogens is 483 g/mol. The minimum Gasteiger partial charge on any atom is -0.481 e. The predicted molar refractivity (Wildman–Crippen MR) is 137 cm³/mol. The van der Waals surface area contributed by atoms with Gasteiger partial charge in [-0.2, -0.15) is 0 Å². The van der Waals surface area contributed by atoms with Crippen LogP contribution in [-0.2, 0) is 11.3 Å². The Kier molecular flexibility index (Phi) is 6.08. The van der Waals surface area contributed by atoms with Crippen molar-refractivity contribution in [3.05, 3.63) is 101 Å². The molecule has 0 unspecified atom stereocenters. The molecule has 0 aliphatic carbocycles. The van der Waals surface area contributed by atoms with Crippen LogP contribution in [0.1, 0.15) is 15.9 Å². The minimum absolute atomic E-state index is 0.273. The van der Waals surface area contributed by atoms with Crippen LogP contribution in [0.25, 0.3) is 32.9 Å². The lowest BCUT2D eigenvalue weighted by atomic mass is 10.0. The summed E-state index contributed by atoms with van der Waals surface area (Å²) in [4.78, 5) is 23.7. The molecule has 0 aliphatic rings. The number of aliphatic carboxylic acids is 1. The molecule has 36 heavy (non-hydrogen) atoms. The van der Waals surface area contributed by atoms with Crippen molar-refractivity contribution in [3.8, 4) is 16.9 Å². The number of carboxylic acid groups (broad SMARTS) is 1. The average Bonchev–Trinajstić information content (AvgIpc) is 3.16. The van der Waals surface area contributed by atoms with Gasteiger partial charge in [0.05, 0.1) is 16.4 Å². The number of ether oxygens (including phenoxy) is 1. The second kappa shape index (κ2) is 9.36. The van der Waals surface area contributed by atoms with Crippen LogP contribution < -0.4 is 10.5 Å². The highest BCUT2D eigenvalue weighted by Gasteiger charge is 2.22. The molecule has 180 valence electrons. The van der Waals surface area contributed by atoms with Crippen molar-refractivity contribution in [2.75, 3.05) is 6.61 Å². The molecule has 0 atom stereocenters. The molecule has 0 fully saturated rings. The number of aromatic nitrogens is 1. The molecular formula is C28H20ClFN2O4. The number of amides is 1. The summed E-state index contributed by atoms with van der Waals surface area (Å²) in [5, 5.41) is 11.0. The largest absolute Gasteiger partial charge is 0.481 e. The Balaban J connectivity index is 1.86. The summed E-state index contributed by atoms with van der Waals surface area (Å²) in [5.74, 6) is -1.84. The van der Waals surface area contributed by atoms with E-state index >= 15 is 0 Å². The third-order valence-electron chi connectivity index (χ3n) is 5.98. The number of rotatable bonds is 7. The standard InChI is InChI=1S/C28H20ClFN2O4/c29-19-9-7-17(8-10-19)18-12-23-27(24(13-18)36-15-25(33)34)26-21(28(31)35)5-2-6-22(26)32(23)14-16-3-1-4-20(30)11-16/h1-13H,14-15H2,(H2,31,35)(H,33,34). The van der Waals surface area contributed by atoms with E-state index in [0.29, 0.717) is 38.9 Å². The van der Waals surface area contributed by atoms with Crippen molar-refractivity contribution < 1.29 is 23.8 Å². The Morgan fingerprint density at radius 1 is 0.917 bits per heavy atom. The highest BCUT2D eigenvalue weighted by Crippen LogP contribution is 2.41. The van der Waals surface area contributed by atoms with E-state index in [1.165, 1.54) is 12.1 Å². The van der Waals surface area contributed by atoms with Crippen LogP contribution in [0.4, 0.5) is 4.39 Å². The van der Waals surface area contributed by atoms with E-state index < -0.39 is 18.5 Å². The van der Waals surface area contributed by atoms with Gasteiger partial charge in [0.2, 0.25) is 5.91 Å². The maximum atomic E-state index is 14.0. The summed E-state index contributed by atoms with van der Waals surface area (Å²) >= 11 is 6.07. The number of hydrogen-bond acceptors (Lipinski definition) is 3. The molecule has 0 saturated carbocycles. The Morgan fingerprint density at radius 3 is 2.36 bits per heavy atom. The first kappa shape index (κ1) is 23.4. The summed E-state index contributed by atoms with van der Waals surface area (Å²) in [6.07, 6.45) is 0. The zero-order valence-electron chi connectivity index (χ0n) is 18.9. The second-order valence-corrected chi connectivity index (χ2v) is 8.77. The Morgan fingerprint density at radius 2 is 1.67 bits per heavy atom. The van der Waals surface area contributed by atoms with Crippen LogP contribution in [0.2, 0.25) is 5.02 Å². The molecule has 0 bridgehead atoms. The van der Waals surface area contributed by atoms with Crippen molar-refractivity contribution in [2.45, 2.75) is 6.54 Å². The normalized spacial score (nSPS) is 11.2. The van der Waals surface area contributed by atoms with Gasteiger partial charge in [-0.1, -0.05) is 41.9 Å². The van der Waals surface area contributed by atoms with Crippen molar-refractivity contribution in [1.29, 1.82) is 0 Å². The van der Waals surface area contributed by atoms with Crippen LogP contribution in [0.3, 0.4) is 0 Å². The number of primary amides is 1. The topological polar surface area (TPSA) is 94.6 Å². The molecule has 0 spiro atoms. The summed E-state index contributed by atoms with van der Waals surface area (Å²) in [5.41, 5.74) is 9.64. The van der Waals surface area contributed by atoms with E-state index in [2.05, 4.69) is 0 Å². The number of nitrogens with two attached hydrogens (primary N) is 1. The van der Waals surface area contributed by atoms with Crippen LogP contribution in [0, 0.1) is 5.82 Å². The maximum Gasteiger partial charge on any atom is 0.341 e. The lowest BCUT2D eigenvalue weighted by Gasteiger charge is -2.12. The van der Waals surface area contributed by atoms with E-state index in [1.807, 2.05) is 34.9 Å². The quantitative estimate of drug-likeness (QED) is 0.291. The smallest absolute Gasteiger partial charge is 0.341 e. The molecule has 8 heteroatoms. The fourth-order valence-electron chi connectivity index (χ4n) is 4.48. The van der Waals surface area contributed by atoms with Crippen LogP contribution in [0.5, 0.6) is 5.75 Å². The van der Waals surface area contributed by atoms with Gasteiger partial charge in [-0.3, -0.25) is 4.79 Å². The molecule has 0 aliphatic heterocycles. The zero-order chi connectivity index (χ0) is 25.4. The van der Waals surface area contributed by atoms with Crippen LogP contribution >= 0.6 is 11.6 Å². The van der Waals surface area contributed by atoms with Crippen molar-refractivity contribution >= 4 is 45.3 Å². The summed E-state index contributed by atoms with van der Waals surface area (Å²) in [6, 6.07) is 22.3. The number of carboxylic acids is 1. The van der Waals surface area contributed by atoms with Gasteiger partial charge in [0.15, 0.2) is 6.61 Å². The minimum atomic E-state index is -1.14. The summed E-state index contributed by atoms with van der Waals surface area (Å²) in [6.45, 7) is -0.281. The van der Waals surface area contributed by atoms with Crippen molar-refractivity contribution in [2.24, 2.45) is 5.73 Å². The average molecular weight is 503 g/mol. The number of carbonyl (C=O) groups is 2. The molecule has 1 amide bonds. The first-order valence-corrected chi connectivity index (χ1v) is 11.4. The Bertz CT molecular complexity index is 1640. The molecule has 1 aromatic heterocycles. The van der Waals surface area contributed by atoms with Crippen molar-refractivity contribution in [1.82, 2.24) is 4.57 Å². The molecule has 6 nitrogen and oxygen atoms in total. The van der Waals surface area contributed by atoms with Gasteiger partial charge < -0.3 is 20.1 Å². The maximum absolute atomic E-state index is 14.0. The van der Waals surface area contributed by atoms with E-state index in [-0.39, 0.29) is 17.1 Å². The number of hydrogen-bond donors (Lipinski definition) is 2. The molecule has 0 saturated heterocycles. The molecule has 1 heterocycles. The van der Waals surface area contributed by atoms with Gasteiger partial charge in [-0.25, -0.2) is 9.18 Å². The monoisotopic (exact) mass is 502 g/mol. The van der Waals surface area contributed by atoms with E-state index in [4.69, 9.17) is 22.1 Å². The lowest BCUT2D eigenvalue weighted by molar-refractivity contribution is -0.139. The van der Waals surface area contributed by atoms with Crippen LogP contribution in [-0.4, -0.2) is 28.2 Å². The third-order valence-corrected chi connectivity index (χ3v) is 6.23. The fraction of sp³-hybridized carbons (Fsp3) is 0.0714. The molecule has 3 N–H and O–H groups in total. The Hall–Kier alpha value is -4.36. The predicted octanol–water partition coefficient (Wildman–Crippen LogP) is 5.86. The molecule has 5 rings (SSSR count). The van der Waals surface area contributed by atoms with Gasteiger partial charge in [-0.05, 0) is 65.2 Å². The van der Waals surface area contributed by atoms with Crippen molar-refractivity contribution in [3.63, 3.8) is 0 Å².